The fraction of sp³-hybridized carbons (Fsp3) is 0.739. The molecular formula is C23H38O. The summed E-state index contributed by atoms with van der Waals surface area (Å²) in [5.41, 5.74) is 3.41. The molecule has 1 aliphatic rings. The Kier molecular flexibility index (Phi) is 6.78. The van der Waals surface area contributed by atoms with E-state index in [1.807, 2.05) is 0 Å². The van der Waals surface area contributed by atoms with Crippen LogP contribution >= 0.6 is 0 Å². The van der Waals surface area contributed by atoms with Gasteiger partial charge in [0.25, 0.3) is 0 Å². The average molecular weight is 331 g/mol. The first-order valence-electron chi connectivity index (χ1n) is 10.1. The van der Waals surface area contributed by atoms with Crippen molar-refractivity contribution in [3.05, 3.63) is 29.3 Å². The summed E-state index contributed by atoms with van der Waals surface area (Å²) in [5.74, 6) is 0.575. The van der Waals surface area contributed by atoms with Crippen molar-refractivity contribution in [1.82, 2.24) is 0 Å². The van der Waals surface area contributed by atoms with Crippen molar-refractivity contribution >= 4 is 0 Å². The van der Waals surface area contributed by atoms with Gasteiger partial charge < -0.3 is 5.11 Å². The zero-order valence-electron chi connectivity index (χ0n) is 16.5. The van der Waals surface area contributed by atoms with E-state index < -0.39 is 0 Å². The second kappa shape index (κ2) is 8.41. The summed E-state index contributed by atoms with van der Waals surface area (Å²) in [7, 11) is 0. The smallest absolute Gasteiger partial charge is 0.121 e. The number of benzene rings is 1. The highest BCUT2D eigenvalue weighted by molar-refractivity contribution is 5.40. The highest BCUT2D eigenvalue weighted by Gasteiger charge is 2.35. The standard InChI is InChI=1S/C23H38O/c1-22(2,3)15-8-5-6-11-19-13-10-14-20(21(19)24)12-7-9-16-23(4)17-18-23/h10,13-14,24H,5-9,11-12,15-18H2,1-4H3. The largest absolute Gasteiger partial charge is 0.507 e. The van der Waals surface area contributed by atoms with Gasteiger partial charge >= 0.3 is 0 Å². The second-order valence-corrected chi connectivity index (χ2v) is 9.56. The maximum absolute atomic E-state index is 10.5. The Morgan fingerprint density at radius 3 is 2.04 bits per heavy atom. The van der Waals surface area contributed by atoms with Gasteiger partial charge in [-0.15, -0.1) is 0 Å². The first-order valence-corrected chi connectivity index (χ1v) is 10.1. The van der Waals surface area contributed by atoms with Gasteiger partial charge in [-0.05, 0) is 73.3 Å². The molecule has 136 valence electrons. The third kappa shape index (κ3) is 6.87. The number of phenols is 1. The van der Waals surface area contributed by atoms with E-state index in [0.717, 1.165) is 24.0 Å². The summed E-state index contributed by atoms with van der Waals surface area (Å²) >= 11 is 0. The van der Waals surface area contributed by atoms with Crippen LogP contribution in [0.15, 0.2) is 18.2 Å². The fourth-order valence-electron chi connectivity index (χ4n) is 3.53. The van der Waals surface area contributed by atoms with Gasteiger partial charge in [-0.3, -0.25) is 0 Å². The lowest BCUT2D eigenvalue weighted by atomic mass is 9.89. The van der Waals surface area contributed by atoms with Gasteiger partial charge in [0.15, 0.2) is 0 Å². The van der Waals surface area contributed by atoms with Crippen LogP contribution in [0, 0.1) is 10.8 Å². The van der Waals surface area contributed by atoms with Crippen LogP contribution in [0.1, 0.15) is 96.6 Å². The van der Waals surface area contributed by atoms with E-state index in [9.17, 15) is 5.11 Å². The molecule has 24 heavy (non-hydrogen) atoms. The molecule has 0 amide bonds. The van der Waals surface area contributed by atoms with Crippen molar-refractivity contribution in [3.63, 3.8) is 0 Å². The third-order valence-corrected chi connectivity index (χ3v) is 5.66. The van der Waals surface area contributed by atoms with Gasteiger partial charge in [0.05, 0.1) is 0 Å². The molecular weight excluding hydrogens is 292 g/mol. The summed E-state index contributed by atoms with van der Waals surface area (Å²) in [6, 6.07) is 6.34. The van der Waals surface area contributed by atoms with Gasteiger partial charge in [-0.2, -0.15) is 0 Å². The Bertz CT molecular complexity index is 505. The van der Waals surface area contributed by atoms with Crippen LogP contribution in [-0.4, -0.2) is 5.11 Å². The summed E-state index contributed by atoms with van der Waals surface area (Å²) in [4.78, 5) is 0. The Labute approximate surface area is 149 Å². The van der Waals surface area contributed by atoms with Crippen LogP contribution < -0.4 is 0 Å². The minimum Gasteiger partial charge on any atom is -0.507 e. The molecule has 0 atom stereocenters. The molecule has 1 saturated carbocycles. The zero-order chi connectivity index (χ0) is 17.6. The predicted octanol–water partition coefficient (Wildman–Crippen LogP) is 7.05. The van der Waals surface area contributed by atoms with E-state index in [2.05, 4.69) is 45.9 Å². The highest BCUT2D eigenvalue weighted by atomic mass is 16.3. The van der Waals surface area contributed by atoms with Crippen molar-refractivity contribution in [2.45, 2.75) is 98.3 Å². The summed E-state index contributed by atoms with van der Waals surface area (Å²) in [6.07, 6.45) is 13.8. The van der Waals surface area contributed by atoms with Crippen LogP contribution in [0.4, 0.5) is 0 Å². The van der Waals surface area contributed by atoms with Crippen LogP contribution in [0.25, 0.3) is 0 Å². The van der Waals surface area contributed by atoms with E-state index in [4.69, 9.17) is 0 Å². The summed E-state index contributed by atoms with van der Waals surface area (Å²) in [6.45, 7) is 9.34. The molecule has 0 unspecified atom stereocenters. The van der Waals surface area contributed by atoms with Crippen LogP contribution in [0.3, 0.4) is 0 Å². The number of unbranched alkanes of at least 4 members (excludes halogenated alkanes) is 3. The molecule has 0 bridgehead atoms. The Morgan fingerprint density at radius 2 is 1.50 bits per heavy atom. The number of hydrogen-bond acceptors (Lipinski definition) is 1. The first kappa shape index (κ1) is 19.3. The molecule has 0 heterocycles. The molecule has 0 radical (unpaired) electrons. The topological polar surface area (TPSA) is 20.2 Å². The summed E-state index contributed by atoms with van der Waals surface area (Å²) in [5, 5.41) is 10.5. The fourth-order valence-corrected chi connectivity index (χ4v) is 3.53. The monoisotopic (exact) mass is 330 g/mol. The normalized spacial score (nSPS) is 16.3. The molecule has 1 aromatic rings. The number of para-hydroxylation sites is 1. The lowest BCUT2D eigenvalue weighted by molar-refractivity contribution is 0.358. The molecule has 0 aliphatic heterocycles. The zero-order valence-corrected chi connectivity index (χ0v) is 16.5. The van der Waals surface area contributed by atoms with E-state index in [-0.39, 0.29) is 0 Å². The number of aromatic hydroxyl groups is 1. The molecule has 1 N–H and O–H groups in total. The van der Waals surface area contributed by atoms with E-state index in [1.165, 1.54) is 57.8 Å². The molecule has 1 nitrogen and oxygen atoms in total. The molecule has 0 spiro atoms. The van der Waals surface area contributed by atoms with Crippen LogP contribution in [-0.2, 0) is 12.8 Å². The lowest BCUT2D eigenvalue weighted by Gasteiger charge is -2.17. The van der Waals surface area contributed by atoms with Gasteiger partial charge in [0.2, 0.25) is 0 Å². The quantitative estimate of drug-likeness (QED) is 0.455. The maximum atomic E-state index is 10.5. The molecule has 1 aromatic carbocycles. The van der Waals surface area contributed by atoms with Crippen LogP contribution in [0.5, 0.6) is 5.75 Å². The molecule has 2 rings (SSSR count). The number of hydrogen-bond donors (Lipinski definition) is 1. The van der Waals surface area contributed by atoms with Gasteiger partial charge in [-0.25, -0.2) is 0 Å². The van der Waals surface area contributed by atoms with Gasteiger partial charge in [0.1, 0.15) is 5.75 Å². The Morgan fingerprint density at radius 1 is 0.917 bits per heavy atom. The minimum atomic E-state index is 0.444. The van der Waals surface area contributed by atoms with Gasteiger partial charge in [-0.1, -0.05) is 65.2 Å². The summed E-state index contributed by atoms with van der Waals surface area (Å²) < 4.78 is 0. The van der Waals surface area contributed by atoms with E-state index >= 15 is 0 Å². The minimum absolute atomic E-state index is 0.444. The van der Waals surface area contributed by atoms with Crippen molar-refractivity contribution < 1.29 is 5.11 Å². The number of rotatable bonds is 10. The molecule has 1 heteroatoms. The number of phenolic OH excluding ortho intramolecular Hbond substituents is 1. The van der Waals surface area contributed by atoms with Gasteiger partial charge in [0, 0.05) is 0 Å². The van der Waals surface area contributed by atoms with Crippen LogP contribution in [0.2, 0.25) is 0 Å². The van der Waals surface area contributed by atoms with Crippen molar-refractivity contribution in [3.8, 4) is 5.75 Å². The van der Waals surface area contributed by atoms with E-state index in [1.54, 1.807) is 0 Å². The van der Waals surface area contributed by atoms with Crippen molar-refractivity contribution in [2.75, 3.05) is 0 Å². The average Bonchev–Trinajstić information content (AvgIpc) is 3.23. The predicted molar refractivity (Wildman–Crippen MR) is 105 cm³/mol. The lowest BCUT2D eigenvalue weighted by Crippen LogP contribution is -2.04. The molecule has 1 aliphatic carbocycles. The SMILES string of the molecule is CC(C)(C)CCCCCc1cccc(CCCCC2(C)CC2)c1O. The highest BCUT2D eigenvalue weighted by Crippen LogP contribution is 2.49. The van der Waals surface area contributed by atoms with Crippen molar-refractivity contribution in [2.24, 2.45) is 10.8 Å². The van der Waals surface area contributed by atoms with E-state index in [0.29, 0.717) is 16.6 Å². The molecule has 0 aromatic heterocycles. The number of aryl methyl sites for hydroxylation is 2. The first-order chi connectivity index (χ1) is 11.3. The second-order valence-electron chi connectivity index (χ2n) is 9.56. The maximum Gasteiger partial charge on any atom is 0.121 e. The molecule has 1 fully saturated rings. The Balaban J connectivity index is 1.71. The molecule has 0 saturated heterocycles. The Hall–Kier alpha value is -0.980. The third-order valence-electron chi connectivity index (χ3n) is 5.66. The van der Waals surface area contributed by atoms with Crippen molar-refractivity contribution in [1.29, 1.82) is 0 Å².